The fraction of sp³-hybridized carbons (Fsp3) is 0.538. The number of sulfonamides is 1. The highest BCUT2D eigenvalue weighted by Crippen LogP contribution is 2.28. The first-order valence-electron chi connectivity index (χ1n) is 7.00. The van der Waals surface area contributed by atoms with Gasteiger partial charge in [0.2, 0.25) is 11.8 Å². The summed E-state index contributed by atoms with van der Waals surface area (Å²) in [5.41, 5.74) is 0. The molecular formula is C13H19N3O4S2. The topological polar surface area (TPSA) is 95.6 Å². The zero-order valence-corrected chi connectivity index (χ0v) is 13.9. The monoisotopic (exact) mass is 345 g/mol. The molecule has 0 unspecified atom stereocenters. The van der Waals surface area contributed by atoms with E-state index in [2.05, 4.69) is 10.6 Å². The first-order valence-corrected chi connectivity index (χ1v) is 9.32. The zero-order chi connectivity index (χ0) is 16.2. The molecular weight excluding hydrogens is 326 g/mol. The van der Waals surface area contributed by atoms with E-state index < -0.39 is 16.1 Å². The molecule has 1 aliphatic heterocycles. The Labute approximate surface area is 133 Å². The molecule has 22 heavy (non-hydrogen) atoms. The normalized spacial score (nSPS) is 19.0. The van der Waals surface area contributed by atoms with Crippen molar-refractivity contribution in [3.8, 4) is 0 Å². The number of rotatable bonds is 6. The fourth-order valence-electron chi connectivity index (χ4n) is 2.36. The van der Waals surface area contributed by atoms with Crippen molar-refractivity contribution < 1.29 is 18.0 Å². The lowest BCUT2D eigenvalue weighted by Gasteiger charge is -2.22. The summed E-state index contributed by atoms with van der Waals surface area (Å²) in [4.78, 5) is 22.9. The minimum absolute atomic E-state index is 0.169. The van der Waals surface area contributed by atoms with Crippen LogP contribution in [0, 0.1) is 0 Å². The highest BCUT2D eigenvalue weighted by atomic mass is 32.2. The predicted molar refractivity (Wildman–Crippen MR) is 82.9 cm³/mol. The maximum absolute atomic E-state index is 12.5. The summed E-state index contributed by atoms with van der Waals surface area (Å²) in [5.74, 6) is -0.486. The number of amides is 2. The second-order valence-corrected chi connectivity index (χ2v) is 8.04. The third-order valence-corrected chi connectivity index (χ3v) is 6.64. The third-order valence-electron chi connectivity index (χ3n) is 3.36. The Morgan fingerprint density at radius 2 is 2.09 bits per heavy atom. The molecule has 0 aromatic carbocycles. The molecule has 1 fully saturated rings. The smallest absolute Gasteiger partial charge is 0.253 e. The number of thiophene rings is 1. The fourth-order valence-corrected chi connectivity index (χ4v) is 5.13. The quantitative estimate of drug-likeness (QED) is 0.718. The molecule has 1 atom stereocenters. The average molecular weight is 345 g/mol. The minimum Gasteiger partial charge on any atom is -0.355 e. The van der Waals surface area contributed by atoms with Crippen LogP contribution in [-0.4, -0.2) is 50.2 Å². The summed E-state index contributed by atoms with van der Waals surface area (Å²) < 4.78 is 26.6. The lowest BCUT2D eigenvalue weighted by molar-refractivity contribution is -0.124. The molecule has 7 nitrogen and oxygen atoms in total. The van der Waals surface area contributed by atoms with Crippen molar-refractivity contribution >= 4 is 33.2 Å². The molecule has 0 aliphatic carbocycles. The first kappa shape index (κ1) is 16.9. The third kappa shape index (κ3) is 3.84. The summed E-state index contributed by atoms with van der Waals surface area (Å²) in [7, 11) is -3.61. The lowest BCUT2D eigenvalue weighted by atomic mass is 10.2. The Kier molecular flexibility index (Phi) is 5.54. The van der Waals surface area contributed by atoms with Gasteiger partial charge in [-0.15, -0.1) is 11.3 Å². The van der Waals surface area contributed by atoms with Gasteiger partial charge in [0.1, 0.15) is 10.3 Å². The van der Waals surface area contributed by atoms with E-state index in [-0.39, 0.29) is 22.6 Å². The second-order valence-electron chi connectivity index (χ2n) is 4.98. The minimum atomic E-state index is -3.61. The molecule has 1 saturated heterocycles. The summed E-state index contributed by atoms with van der Waals surface area (Å²) in [5, 5.41) is 6.94. The molecule has 0 radical (unpaired) electrons. The van der Waals surface area contributed by atoms with Crippen LogP contribution in [0.2, 0.25) is 0 Å². The molecule has 1 aromatic heterocycles. The second kappa shape index (κ2) is 7.21. The molecule has 0 bridgehead atoms. The van der Waals surface area contributed by atoms with E-state index in [0.29, 0.717) is 25.9 Å². The zero-order valence-electron chi connectivity index (χ0n) is 12.2. The van der Waals surface area contributed by atoms with E-state index in [0.717, 1.165) is 11.3 Å². The highest BCUT2D eigenvalue weighted by molar-refractivity contribution is 7.91. The van der Waals surface area contributed by atoms with E-state index in [1.54, 1.807) is 17.5 Å². The number of carbonyl (C=O) groups is 2. The number of nitrogens with zero attached hydrogens (tertiary/aromatic N) is 1. The van der Waals surface area contributed by atoms with E-state index in [9.17, 15) is 18.0 Å². The SMILES string of the molecule is CC(=O)NCCNC(=O)[C@H]1CCCN1S(=O)(=O)c1cccs1. The van der Waals surface area contributed by atoms with Crippen molar-refractivity contribution in [2.45, 2.75) is 30.0 Å². The summed E-state index contributed by atoms with van der Waals surface area (Å²) in [6.07, 6.45) is 1.17. The van der Waals surface area contributed by atoms with Gasteiger partial charge in [-0.1, -0.05) is 6.07 Å². The molecule has 0 saturated carbocycles. The van der Waals surface area contributed by atoms with Crippen molar-refractivity contribution in [3.05, 3.63) is 17.5 Å². The predicted octanol–water partition coefficient (Wildman–Crippen LogP) is 0.153. The van der Waals surface area contributed by atoms with Crippen molar-refractivity contribution in [1.82, 2.24) is 14.9 Å². The van der Waals surface area contributed by atoms with Crippen LogP contribution in [-0.2, 0) is 19.6 Å². The van der Waals surface area contributed by atoms with Crippen molar-refractivity contribution in [2.24, 2.45) is 0 Å². The largest absolute Gasteiger partial charge is 0.355 e. The van der Waals surface area contributed by atoms with Gasteiger partial charge in [0.15, 0.2) is 0 Å². The van der Waals surface area contributed by atoms with Gasteiger partial charge in [-0.25, -0.2) is 8.42 Å². The van der Waals surface area contributed by atoms with Crippen LogP contribution in [0.1, 0.15) is 19.8 Å². The van der Waals surface area contributed by atoms with Crippen molar-refractivity contribution in [1.29, 1.82) is 0 Å². The summed E-state index contributed by atoms with van der Waals surface area (Å²) in [6, 6.07) is 2.55. The van der Waals surface area contributed by atoms with Gasteiger partial charge in [0, 0.05) is 26.6 Å². The molecule has 2 heterocycles. The standard InChI is InChI=1S/C13H19N3O4S2/c1-10(17)14-6-7-15-13(18)11-4-2-8-16(11)22(19,20)12-5-3-9-21-12/h3,5,9,11H,2,4,6-8H2,1H3,(H,14,17)(H,15,18)/t11-/m1/s1. The number of carbonyl (C=O) groups excluding carboxylic acids is 2. The van der Waals surface area contributed by atoms with Gasteiger partial charge in [-0.05, 0) is 24.3 Å². The molecule has 0 spiro atoms. The highest BCUT2D eigenvalue weighted by Gasteiger charge is 2.39. The Hall–Kier alpha value is -1.45. The van der Waals surface area contributed by atoms with Gasteiger partial charge in [0.25, 0.3) is 10.0 Å². The van der Waals surface area contributed by atoms with Gasteiger partial charge in [-0.2, -0.15) is 4.31 Å². The van der Waals surface area contributed by atoms with Crippen LogP contribution in [0.5, 0.6) is 0 Å². The van der Waals surface area contributed by atoms with Gasteiger partial charge in [-0.3, -0.25) is 9.59 Å². The number of hydrogen-bond donors (Lipinski definition) is 2. The van der Waals surface area contributed by atoms with Crippen molar-refractivity contribution in [3.63, 3.8) is 0 Å². The van der Waals surface area contributed by atoms with E-state index in [4.69, 9.17) is 0 Å². The molecule has 122 valence electrons. The summed E-state index contributed by atoms with van der Waals surface area (Å²) >= 11 is 1.15. The molecule has 1 aliphatic rings. The first-order chi connectivity index (χ1) is 10.4. The van der Waals surface area contributed by atoms with Crippen LogP contribution in [0.15, 0.2) is 21.7 Å². The maximum atomic E-state index is 12.5. The number of nitrogens with one attached hydrogen (secondary N) is 2. The summed E-state index contributed by atoms with van der Waals surface area (Å²) in [6.45, 7) is 2.35. The average Bonchev–Trinajstić information content (AvgIpc) is 3.12. The van der Waals surface area contributed by atoms with Gasteiger partial charge in [0.05, 0.1) is 0 Å². The molecule has 2 rings (SSSR count). The van der Waals surface area contributed by atoms with Crippen LogP contribution in [0.4, 0.5) is 0 Å². The Morgan fingerprint density at radius 3 is 2.73 bits per heavy atom. The Bertz CT molecular complexity index is 628. The number of hydrogen-bond acceptors (Lipinski definition) is 5. The van der Waals surface area contributed by atoms with E-state index in [1.165, 1.54) is 11.2 Å². The molecule has 2 amide bonds. The van der Waals surface area contributed by atoms with Crippen molar-refractivity contribution in [2.75, 3.05) is 19.6 Å². The van der Waals surface area contributed by atoms with Gasteiger partial charge < -0.3 is 10.6 Å². The Morgan fingerprint density at radius 1 is 1.36 bits per heavy atom. The van der Waals surface area contributed by atoms with E-state index >= 15 is 0 Å². The van der Waals surface area contributed by atoms with Crippen LogP contribution < -0.4 is 10.6 Å². The van der Waals surface area contributed by atoms with Crippen LogP contribution in [0.3, 0.4) is 0 Å². The molecule has 2 N–H and O–H groups in total. The van der Waals surface area contributed by atoms with Crippen LogP contribution in [0.25, 0.3) is 0 Å². The molecule has 9 heteroatoms. The van der Waals surface area contributed by atoms with Crippen LogP contribution >= 0.6 is 11.3 Å². The van der Waals surface area contributed by atoms with E-state index in [1.807, 2.05) is 0 Å². The molecule has 1 aromatic rings. The lowest BCUT2D eigenvalue weighted by Crippen LogP contribution is -2.47. The Balaban J connectivity index is 1.98. The van der Waals surface area contributed by atoms with Gasteiger partial charge >= 0.3 is 0 Å². The maximum Gasteiger partial charge on any atom is 0.253 e.